The monoisotopic (exact) mass is 285 g/mol. The van der Waals surface area contributed by atoms with Gasteiger partial charge in [-0.3, -0.25) is 4.79 Å². The molecule has 0 aliphatic rings. The van der Waals surface area contributed by atoms with Gasteiger partial charge in [-0.15, -0.1) is 0 Å². The molecule has 0 radical (unpaired) electrons. The van der Waals surface area contributed by atoms with Crippen LogP contribution < -0.4 is 5.32 Å². The van der Waals surface area contributed by atoms with Crippen molar-refractivity contribution in [1.82, 2.24) is 10.3 Å². The molecule has 7 nitrogen and oxygen atoms in total. The van der Waals surface area contributed by atoms with E-state index in [1.165, 1.54) is 24.3 Å². The lowest BCUT2D eigenvalue weighted by Crippen LogP contribution is -2.23. The van der Waals surface area contributed by atoms with Gasteiger partial charge in [0.15, 0.2) is 0 Å². The Hall–Kier alpha value is -3.14. The number of carbonyl (C=O) groups excluding carboxylic acids is 1. The van der Waals surface area contributed by atoms with Crippen molar-refractivity contribution in [3.8, 4) is 6.07 Å². The number of furan rings is 1. The number of hydrogen-bond donors (Lipinski definition) is 2. The van der Waals surface area contributed by atoms with Crippen molar-refractivity contribution in [3.63, 3.8) is 0 Å². The van der Waals surface area contributed by atoms with Gasteiger partial charge < -0.3 is 14.8 Å². The van der Waals surface area contributed by atoms with Crippen molar-refractivity contribution >= 4 is 11.9 Å². The van der Waals surface area contributed by atoms with E-state index in [0.29, 0.717) is 17.0 Å². The number of carboxylic acids is 1. The Bertz CT molecular complexity index is 743. The molecule has 0 aliphatic carbocycles. The lowest BCUT2D eigenvalue weighted by molar-refractivity contribution is 0.0660. The summed E-state index contributed by atoms with van der Waals surface area (Å²) < 4.78 is 5.01. The van der Waals surface area contributed by atoms with Crippen LogP contribution in [-0.2, 0) is 6.54 Å². The molecule has 0 saturated heterocycles. The van der Waals surface area contributed by atoms with E-state index in [1.807, 2.05) is 6.07 Å². The van der Waals surface area contributed by atoms with Gasteiger partial charge in [-0.1, -0.05) is 0 Å². The number of nitrogens with one attached hydrogen (secondary N) is 1. The molecule has 0 aliphatic heterocycles. The second kappa shape index (κ2) is 5.88. The fraction of sp³-hybridized carbons (Fsp3) is 0.143. The summed E-state index contributed by atoms with van der Waals surface area (Å²) in [5.74, 6) is -1.47. The molecular weight excluding hydrogens is 274 g/mol. The summed E-state index contributed by atoms with van der Waals surface area (Å²) in [7, 11) is 0. The number of carbonyl (C=O) groups is 2. The number of nitriles is 1. The van der Waals surface area contributed by atoms with Gasteiger partial charge in [-0.2, -0.15) is 5.26 Å². The molecule has 0 fully saturated rings. The maximum atomic E-state index is 11.9. The number of nitrogens with zero attached hydrogens (tertiary/aromatic N) is 2. The Kier molecular flexibility index (Phi) is 4.00. The summed E-state index contributed by atoms with van der Waals surface area (Å²) in [5, 5.41) is 20.1. The van der Waals surface area contributed by atoms with Crippen LogP contribution in [0.1, 0.15) is 38.1 Å². The van der Waals surface area contributed by atoms with Gasteiger partial charge in [0.05, 0.1) is 17.8 Å². The minimum atomic E-state index is -1.17. The van der Waals surface area contributed by atoms with Crippen molar-refractivity contribution in [2.24, 2.45) is 0 Å². The first-order chi connectivity index (χ1) is 10.0. The van der Waals surface area contributed by atoms with Crippen LogP contribution >= 0.6 is 0 Å². The van der Waals surface area contributed by atoms with Gasteiger partial charge >= 0.3 is 5.97 Å². The predicted octanol–water partition coefficient (Wildman–Crippen LogP) is 1.48. The highest BCUT2D eigenvalue weighted by Gasteiger charge is 2.12. The lowest BCUT2D eigenvalue weighted by Gasteiger charge is -2.04. The standard InChI is InChI=1S/C14H11N3O4/c1-8-9(6-15)2-4-11(17-8)13(18)16-7-10-3-5-12(21-10)14(19)20/h2-5H,7H2,1H3,(H,16,18)(H,19,20). The zero-order chi connectivity index (χ0) is 15.4. The molecular formula is C14H11N3O4. The third-order valence-electron chi connectivity index (χ3n) is 2.73. The Balaban J connectivity index is 2.03. The summed E-state index contributed by atoms with van der Waals surface area (Å²) in [4.78, 5) is 26.6. The zero-order valence-corrected chi connectivity index (χ0v) is 11.1. The molecule has 1 amide bonds. The second-order valence-electron chi connectivity index (χ2n) is 4.20. The third-order valence-corrected chi connectivity index (χ3v) is 2.73. The molecule has 2 heterocycles. The molecule has 0 spiro atoms. The first-order valence-corrected chi connectivity index (χ1v) is 5.99. The fourth-order valence-electron chi connectivity index (χ4n) is 1.65. The molecule has 0 saturated carbocycles. The Morgan fingerprint density at radius 1 is 1.38 bits per heavy atom. The average molecular weight is 285 g/mol. The highest BCUT2D eigenvalue weighted by Crippen LogP contribution is 2.09. The number of aryl methyl sites for hydroxylation is 1. The van der Waals surface area contributed by atoms with E-state index < -0.39 is 11.9 Å². The largest absolute Gasteiger partial charge is 0.475 e. The van der Waals surface area contributed by atoms with Gasteiger partial charge in [0, 0.05) is 0 Å². The number of hydrogen-bond acceptors (Lipinski definition) is 5. The maximum absolute atomic E-state index is 11.9. The van der Waals surface area contributed by atoms with Crippen LogP contribution in [0.15, 0.2) is 28.7 Å². The van der Waals surface area contributed by atoms with Crippen molar-refractivity contribution in [2.75, 3.05) is 0 Å². The second-order valence-corrected chi connectivity index (χ2v) is 4.20. The number of pyridine rings is 1. The van der Waals surface area contributed by atoms with Crippen molar-refractivity contribution in [3.05, 3.63) is 52.7 Å². The van der Waals surface area contributed by atoms with Crippen LogP contribution in [-0.4, -0.2) is 22.0 Å². The average Bonchev–Trinajstić information content (AvgIpc) is 2.93. The summed E-state index contributed by atoms with van der Waals surface area (Å²) >= 11 is 0. The molecule has 106 valence electrons. The Labute approximate surface area is 119 Å². The maximum Gasteiger partial charge on any atom is 0.371 e. The smallest absolute Gasteiger partial charge is 0.371 e. The van der Waals surface area contributed by atoms with Crippen molar-refractivity contribution < 1.29 is 19.1 Å². The lowest BCUT2D eigenvalue weighted by atomic mass is 10.2. The van der Waals surface area contributed by atoms with E-state index in [4.69, 9.17) is 14.8 Å². The van der Waals surface area contributed by atoms with Crippen LogP contribution in [0.4, 0.5) is 0 Å². The minimum Gasteiger partial charge on any atom is -0.475 e. The molecule has 0 atom stereocenters. The molecule has 0 unspecified atom stereocenters. The van der Waals surface area contributed by atoms with Crippen LogP contribution in [0.2, 0.25) is 0 Å². The highest BCUT2D eigenvalue weighted by atomic mass is 16.4. The van der Waals surface area contributed by atoms with Gasteiger partial charge in [0.1, 0.15) is 17.5 Å². The minimum absolute atomic E-state index is 0.0485. The van der Waals surface area contributed by atoms with Crippen LogP contribution in [0, 0.1) is 18.3 Å². The van der Waals surface area contributed by atoms with Crippen LogP contribution in [0.3, 0.4) is 0 Å². The van der Waals surface area contributed by atoms with E-state index in [1.54, 1.807) is 6.92 Å². The highest BCUT2D eigenvalue weighted by molar-refractivity contribution is 5.92. The topological polar surface area (TPSA) is 116 Å². The normalized spacial score (nSPS) is 9.90. The molecule has 2 aromatic rings. The SMILES string of the molecule is Cc1nc(C(=O)NCc2ccc(C(=O)O)o2)ccc1C#N. The predicted molar refractivity (Wildman–Crippen MR) is 70.5 cm³/mol. The molecule has 21 heavy (non-hydrogen) atoms. The summed E-state index contributed by atoms with van der Waals surface area (Å²) in [5.41, 5.74) is 1.05. The van der Waals surface area contributed by atoms with Gasteiger partial charge in [0.2, 0.25) is 5.76 Å². The number of aromatic nitrogens is 1. The van der Waals surface area contributed by atoms with Crippen molar-refractivity contribution in [2.45, 2.75) is 13.5 Å². The quantitative estimate of drug-likeness (QED) is 0.878. The van der Waals surface area contributed by atoms with Gasteiger partial charge in [-0.05, 0) is 31.2 Å². The van der Waals surface area contributed by atoms with Crippen molar-refractivity contribution in [1.29, 1.82) is 5.26 Å². The molecule has 2 rings (SSSR count). The molecule has 0 aromatic carbocycles. The van der Waals surface area contributed by atoms with E-state index in [0.717, 1.165) is 0 Å². The number of rotatable bonds is 4. The van der Waals surface area contributed by atoms with E-state index in [-0.39, 0.29) is 18.0 Å². The Morgan fingerprint density at radius 3 is 2.71 bits per heavy atom. The summed E-state index contributed by atoms with van der Waals surface area (Å²) in [6, 6.07) is 7.73. The summed E-state index contributed by atoms with van der Waals surface area (Å²) in [6.07, 6.45) is 0. The zero-order valence-electron chi connectivity index (χ0n) is 11.1. The first kappa shape index (κ1) is 14.3. The first-order valence-electron chi connectivity index (χ1n) is 5.99. The molecule has 0 bridgehead atoms. The third kappa shape index (κ3) is 3.25. The number of aromatic carboxylic acids is 1. The van der Waals surface area contributed by atoms with E-state index >= 15 is 0 Å². The molecule has 7 heteroatoms. The van der Waals surface area contributed by atoms with Crippen LogP contribution in [0.5, 0.6) is 0 Å². The molecule has 2 aromatic heterocycles. The fourth-order valence-corrected chi connectivity index (χ4v) is 1.65. The van der Waals surface area contributed by atoms with Gasteiger partial charge in [0.25, 0.3) is 5.91 Å². The Morgan fingerprint density at radius 2 is 2.14 bits per heavy atom. The molecule has 2 N–H and O–H groups in total. The van der Waals surface area contributed by atoms with E-state index in [2.05, 4.69) is 10.3 Å². The summed E-state index contributed by atoms with van der Waals surface area (Å²) in [6.45, 7) is 1.69. The van der Waals surface area contributed by atoms with Crippen LogP contribution in [0.25, 0.3) is 0 Å². The van der Waals surface area contributed by atoms with Gasteiger partial charge in [-0.25, -0.2) is 9.78 Å². The number of carboxylic acid groups (broad SMARTS) is 1. The van der Waals surface area contributed by atoms with E-state index in [9.17, 15) is 9.59 Å². The number of amides is 1.